The quantitative estimate of drug-likeness (QED) is 0.624. The van der Waals surface area contributed by atoms with Crippen molar-refractivity contribution in [3.8, 4) is 5.75 Å². The van der Waals surface area contributed by atoms with Gasteiger partial charge in [0.05, 0.1) is 13.2 Å². The first-order valence-electron chi connectivity index (χ1n) is 10.3. The van der Waals surface area contributed by atoms with Gasteiger partial charge in [-0.05, 0) is 75.0 Å². The SMILES string of the molecule is CCOC(=O)C(CC)(CC)NC(=O)c1ccc(C2CC2)c(OCC2CC2)c1. The molecular formula is C22H31NO4. The average Bonchev–Trinajstić information content (AvgIpc) is 3.58. The van der Waals surface area contributed by atoms with Crippen LogP contribution in [0.5, 0.6) is 5.75 Å². The van der Waals surface area contributed by atoms with Crippen molar-refractivity contribution in [2.24, 2.45) is 5.92 Å². The number of rotatable bonds is 10. The molecule has 5 heteroatoms. The molecule has 0 aliphatic heterocycles. The molecule has 2 saturated carbocycles. The van der Waals surface area contributed by atoms with Crippen molar-refractivity contribution in [3.05, 3.63) is 29.3 Å². The normalized spacial score (nSPS) is 16.7. The molecule has 2 fully saturated rings. The van der Waals surface area contributed by atoms with Crippen LogP contribution in [-0.4, -0.2) is 30.6 Å². The highest BCUT2D eigenvalue weighted by Crippen LogP contribution is 2.45. The van der Waals surface area contributed by atoms with Crippen molar-refractivity contribution in [1.82, 2.24) is 5.32 Å². The fraction of sp³-hybridized carbons (Fsp3) is 0.636. The second-order valence-electron chi connectivity index (χ2n) is 7.75. The third-order valence-corrected chi connectivity index (χ3v) is 5.69. The highest BCUT2D eigenvalue weighted by Gasteiger charge is 2.38. The third-order valence-electron chi connectivity index (χ3n) is 5.69. The zero-order valence-corrected chi connectivity index (χ0v) is 16.7. The summed E-state index contributed by atoms with van der Waals surface area (Å²) in [5, 5.41) is 2.93. The molecule has 0 atom stereocenters. The van der Waals surface area contributed by atoms with Gasteiger partial charge in [0.2, 0.25) is 0 Å². The van der Waals surface area contributed by atoms with Crippen LogP contribution in [0.4, 0.5) is 0 Å². The van der Waals surface area contributed by atoms with Gasteiger partial charge in [-0.25, -0.2) is 4.79 Å². The lowest BCUT2D eigenvalue weighted by Crippen LogP contribution is -2.54. The van der Waals surface area contributed by atoms with E-state index in [1.54, 1.807) is 6.92 Å². The first kappa shape index (κ1) is 19.7. The number of carbonyl (C=O) groups excluding carboxylic acids is 2. The van der Waals surface area contributed by atoms with E-state index < -0.39 is 5.54 Å². The van der Waals surface area contributed by atoms with Crippen LogP contribution < -0.4 is 10.1 Å². The van der Waals surface area contributed by atoms with E-state index in [0.717, 1.165) is 12.4 Å². The molecule has 1 N–H and O–H groups in total. The molecular weight excluding hydrogens is 342 g/mol. The second-order valence-corrected chi connectivity index (χ2v) is 7.75. The molecule has 5 nitrogen and oxygen atoms in total. The molecule has 1 aromatic carbocycles. The van der Waals surface area contributed by atoms with Gasteiger partial charge in [-0.3, -0.25) is 4.79 Å². The van der Waals surface area contributed by atoms with Crippen molar-refractivity contribution < 1.29 is 19.1 Å². The lowest BCUT2D eigenvalue weighted by atomic mass is 9.92. The maximum Gasteiger partial charge on any atom is 0.331 e. The highest BCUT2D eigenvalue weighted by atomic mass is 16.5. The predicted molar refractivity (Wildman–Crippen MR) is 104 cm³/mol. The number of benzene rings is 1. The maximum absolute atomic E-state index is 12.9. The first-order chi connectivity index (χ1) is 13.0. The van der Waals surface area contributed by atoms with E-state index in [1.165, 1.54) is 31.2 Å². The molecule has 148 valence electrons. The summed E-state index contributed by atoms with van der Waals surface area (Å²) in [6, 6.07) is 5.69. The summed E-state index contributed by atoms with van der Waals surface area (Å²) >= 11 is 0. The fourth-order valence-corrected chi connectivity index (χ4v) is 3.35. The van der Waals surface area contributed by atoms with E-state index >= 15 is 0 Å². The van der Waals surface area contributed by atoms with Crippen LogP contribution in [0.3, 0.4) is 0 Å². The van der Waals surface area contributed by atoms with Gasteiger partial charge in [-0.15, -0.1) is 0 Å². The largest absolute Gasteiger partial charge is 0.493 e. The minimum absolute atomic E-state index is 0.259. The summed E-state index contributed by atoms with van der Waals surface area (Å²) in [5.41, 5.74) is 0.743. The summed E-state index contributed by atoms with van der Waals surface area (Å²) in [4.78, 5) is 25.3. The van der Waals surface area contributed by atoms with Crippen molar-refractivity contribution >= 4 is 11.9 Å². The molecule has 0 aromatic heterocycles. The fourth-order valence-electron chi connectivity index (χ4n) is 3.35. The second kappa shape index (κ2) is 8.32. The van der Waals surface area contributed by atoms with Crippen LogP contribution in [0.15, 0.2) is 18.2 Å². The minimum atomic E-state index is -0.989. The summed E-state index contributed by atoms with van der Waals surface area (Å²) < 4.78 is 11.3. The van der Waals surface area contributed by atoms with Gasteiger partial charge in [0, 0.05) is 5.56 Å². The van der Waals surface area contributed by atoms with Crippen molar-refractivity contribution in [2.45, 2.75) is 70.8 Å². The number of hydrogen-bond donors (Lipinski definition) is 1. The van der Waals surface area contributed by atoms with E-state index in [2.05, 4.69) is 5.32 Å². The standard InChI is InChI=1S/C22H31NO4/c1-4-22(5-2,21(25)26-6-3)23-20(24)17-11-12-18(16-9-10-16)19(13-17)27-14-15-7-8-15/h11-13,15-16H,4-10,14H2,1-3H3,(H,23,24). The van der Waals surface area contributed by atoms with E-state index in [0.29, 0.717) is 36.8 Å². The molecule has 0 bridgehead atoms. The van der Waals surface area contributed by atoms with Crippen molar-refractivity contribution in [1.29, 1.82) is 0 Å². The molecule has 2 aliphatic carbocycles. The van der Waals surface area contributed by atoms with Gasteiger partial charge >= 0.3 is 5.97 Å². The van der Waals surface area contributed by atoms with Gasteiger partial charge in [-0.2, -0.15) is 0 Å². The lowest BCUT2D eigenvalue weighted by Gasteiger charge is -2.30. The van der Waals surface area contributed by atoms with E-state index in [9.17, 15) is 9.59 Å². The monoisotopic (exact) mass is 373 g/mol. The van der Waals surface area contributed by atoms with Gasteiger partial charge in [0.1, 0.15) is 11.3 Å². The minimum Gasteiger partial charge on any atom is -0.493 e. The Morgan fingerprint density at radius 3 is 2.37 bits per heavy atom. The molecule has 1 amide bonds. The molecule has 3 rings (SSSR count). The van der Waals surface area contributed by atoms with E-state index in [-0.39, 0.29) is 11.9 Å². The van der Waals surface area contributed by atoms with Crippen molar-refractivity contribution in [3.63, 3.8) is 0 Å². The van der Waals surface area contributed by atoms with Crippen LogP contribution in [0.1, 0.15) is 81.1 Å². The summed E-state index contributed by atoms with van der Waals surface area (Å²) in [6.45, 7) is 6.57. The Kier molecular flexibility index (Phi) is 6.08. The van der Waals surface area contributed by atoms with Crippen LogP contribution in [0, 0.1) is 5.92 Å². The molecule has 0 unspecified atom stereocenters. The lowest BCUT2D eigenvalue weighted by molar-refractivity contribution is -0.151. The molecule has 0 spiro atoms. The molecule has 0 radical (unpaired) electrons. The Balaban J connectivity index is 1.78. The number of hydrogen-bond acceptors (Lipinski definition) is 4. The number of esters is 1. The third kappa shape index (κ3) is 4.63. The number of nitrogens with one attached hydrogen (secondary N) is 1. The molecule has 0 heterocycles. The zero-order valence-electron chi connectivity index (χ0n) is 16.7. The van der Waals surface area contributed by atoms with Gasteiger partial charge in [0.15, 0.2) is 0 Å². The van der Waals surface area contributed by atoms with Crippen LogP contribution >= 0.6 is 0 Å². The Morgan fingerprint density at radius 1 is 1.11 bits per heavy atom. The Labute approximate surface area is 161 Å². The van der Waals surface area contributed by atoms with Gasteiger partial charge < -0.3 is 14.8 Å². The summed E-state index contributed by atoms with van der Waals surface area (Å²) in [5.74, 6) is 1.41. The van der Waals surface area contributed by atoms with Crippen LogP contribution in [0.25, 0.3) is 0 Å². The van der Waals surface area contributed by atoms with E-state index in [1.807, 2.05) is 32.0 Å². The first-order valence-corrected chi connectivity index (χ1v) is 10.3. The van der Waals surface area contributed by atoms with Crippen molar-refractivity contribution in [2.75, 3.05) is 13.2 Å². The van der Waals surface area contributed by atoms with E-state index in [4.69, 9.17) is 9.47 Å². The maximum atomic E-state index is 12.9. The molecule has 27 heavy (non-hydrogen) atoms. The predicted octanol–water partition coefficient (Wildman–Crippen LogP) is 4.20. The Morgan fingerprint density at radius 2 is 1.81 bits per heavy atom. The topological polar surface area (TPSA) is 64.6 Å². The van der Waals surface area contributed by atoms with Crippen LogP contribution in [0.2, 0.25) is 0 Å². The molecule has 1 aromatic rings. The summed E-state index contributed by atoms with van der Waals surface area (Å²) in [6.07, 6.45) is 5.80. The van der Waals surface area contributed by atoms with Gasteiger partial charge in [0.25, 0.3) is 5.91 Å². The average molecular weight is 373 g/mol. The molecule has 0 saturated heterocycles. The Bertz CT molecular complexity index is 688. The number of carbonyl (C=O) groups is 2. The highest BCUT2D eigenvalue weighted by molar-refractivity contribution is 5.98. The summed E-state index contributed by atoms with van der Waals surface area (Å²) in [7, 11) is 0. The van der Waals surface area contributed by atoms with Crippen LogP contribution in [-0.2, 0) is 9.53 Å². The number of ether oxygens (including phenoxy) is 2. The zero-order chi connectivity index (χ0) is 19.4. The smallest absolute Gasteiger partial charge is 0.331 e. The number of amides is 1. The van der Waals surface area contributed by atoms with Gasteiger partial charge in [-0.1, -0.05) is 19.9 Å². The Hall–Kier alpha value is -2.04. The molecule has 2 aliphatic rings.